The molecule has 0 amide bonds. The van der Waals surface area contributed by atoms with Crippen molar-refractivity contribution in [3.8, 4) is 5.75 Å². The first-order valence-electron chi connectivity index (χ1n) is 8.93. The minimum Gasteiger partial charge on any atom is -0.507 e. The van der Waals surface area contributed by atoms with Gasteiger partial charge in [-0.3, -0.25) is 0 Å². The first kappa shape index (κ1) is 15.6. The van der Waals surface area contributed by atoms with E-state index < -0.39 is 0 Å². The van der Waals surface area contributed by atoms with Crippen LogP contribution >= 0.6 is 0 Å². The van der Waals surface area contributed by atoms with E-state index in [0.717, 1.165) is 33.1 Å². The summed E-state index contributed by atoms with van der Waals surface area (Å²) >= 11 is 0. The summed E-state index contributed by atoms with van der Waals surface area (Å²) in [7, 11) is 0. The average molecular weight is 349 g/mol. The molecule has 2 nitrogen and oxygen atoms in total. The van der Waals surface area contributed by atoms with Gasteiger partial charge in [0.15, 0.2) is 0 Å². The van der Waals surface area contributed by atoms with Gasteiger partial charge in [0.25, 0.3) is 0 Å². The second kappa shape index (κ2) is 6.26. The van der Waals surface area contributed by atoms with Crippen molar-refractivity contribution < 1.29 is 9.52 Å². The van der Waals surface area contributed by atoms with Gasteiger partial charge in [0.2, 0.25) is 0 Å². The Morgan fingerprint density at radius 2 is 1.30 bits per heavy atom. The van der Waals surface area contributed by atoms with Crippen molar-refractivity contribution in [2.24, 2.45) is 0 Å². The molecule has 0 unspecified atom stereocenters. The van der Waals surface area contributed by atoms with Crippen LogP contribution in [0.4, 0.5) is 0 Å². The van der Waals surface area contributed by atoms with Crippen molar-refractivity contribution in [3.63, 3.8) is 0 Å². The van der Waals surface area contributed by atoms with Crippen LogP contribution in [0, 0.1) is 0 Å². The summed E-state index contributed by atoms with van der Waals surface area (Å²) in [6.07, 6.45) is 3.81. The normalized spacial score (nSPS) is 11.7. The van der Waals surface area contributed by atoms with E-state index in [1.54, 1.807) is 6.07 Å². The van der Waals surface area contributed by atoms with Gasteiger partial charge in [-0.2, -0.15) is 0 Å². The maximum absolute atomic E-state index is 10.3. The van der Waals surface area contributed by atoms with Crippen LogP contribution < -0.4 is 0 Å². The number of benzene rings is 4. The van der Waals surface area contributed by atoms with Crippen LogP contribution in [0.2, 0.25) is 0 Å². The molecule has 0 aliphatic carbocycles. The predicted octanol–water partition coefficient (Wildman–Crippen LogP) is 6.90. The lowest BCUT2D eigenvalue weighted by Crippen LogP contribution is -1.81. The van der Waals surface area contributed by atoms with Gasteiger partial charge >= 0.3 is 11.3 Å². The van der Waals surface area contributed by atoms with Gasteiger partial charge in [-0.25, -0.2) is 4.42 Å². The van der Waals surface area contributed by atoms with Crippen LogP contribution in [-0.4, -0.2) is 5.11 Å². The Bertz CT molecular complexity index is 1330. The lowest BCUT2D eigenvalue weighted by molar-refractivity contribution is 0.475. The summed E-state index contributed by atoms with van der Waals surface area (Å²) in [5.41, 5.74) is 1.64. The lowest BCUT2D eigenvalue weighted by atomic mass is 10.0. The van der Waals surface area contributed by atoms with E-state index >= 15 is 0 Å². The highest BCUT2D eigenvalue weighted by Crippen LogP contribution is 2.30. The topological polar surface area (TPSA) is 31.5 Å². The number of rotatable bonds is 2. The van der Waals surface area contributed by atoms with Crippen LogP contribution in [-0.2, 0) is 0 Å². The molecule has 5 aromatic rings. The van der Waals surface area contributed by atoms with Crippen LogP contribution in [0.5, 0.6) is 5.75 Å². The molecule has 0 fully saturated rings. The molecule has 2 heteroatoms. The van der Waals surface area contributed by atoms with Crippen molar-refractivity contribution in [2.45, 2.75) is 0 Å². The molecule has 0 aliphatic rings. The van der Waals surface area contributed by atoms with Gasteiger partial charge in [-0.05, 0) is 45.8 Å². The van der Waals surface area contributed by atoms with Crippen LogP contribution in [0.25, 0.3) is 44.7 Å². The summed E-state index contributed by atoms with van der Waals surface area (Å²) in [6, 6.07) is 28.1. The third-order valence-corrected chi connectivity index (χ3v) is 4.93. The van der Waals surface area contributed by atoms with E-state index in [1.165, 1.54) is 10.8 Å². The lowest BCUT2D eigenvalue weighted by Gasteiger charge is -2.04. The van der Waals surface area contributed by atoms with E-state index in [4.69, 9.17) is 4.42 Å². The van der Waals surface area contributed by atoms with E-state index in [2.05, 4.69) is 24.3 Å². The molecule has 128 valence electrons. The highest BCUT2D eigenvalue weighted by atomic mass is 16.3. The maximum atomic E-state index is 10.3. The number of phenolic OH excluding ortho intramolecular Hbond substituents is 1. The van der Waals surface area contributed by atoms with Crippen LogP contribution in [0.15, 0.2) is 89.3 Å². The maximum Gasteiger partial charge on any atom is 0.361 e. The smallest absolute Gasteiger partial charge is 0.361 e. The Kier molecular flexibility index (Phi) is 3.61. The minimum atomic E-state index is 0.261. The second-order valence-electron chi connectivity index (χ2n) is 6.59. The molecular weight excluding hydrogens is 332 g/mol. The molecule has 0 radical (unpaired) electrons. The Labute approximate surface area is 156 Å². The number of hydrogen-bond acceptors (Lipinski definition) is 1. The van der Waals surface area contributed by atoms with Gasteiger partial charge in [0.05, 0.1) is 5.39 Å². The molecular formula is C25H17O2+. The summed E-state index contributed by atoms with van der Waals surface area (Å²) in [5, 5.41) is 15.9. The zero-order chi connectivity index (χ0) is 18.2. The highest BCUT2D eigenvalue weighted by molar-refractivity contribution is 6.05. The van der Waals surface area contributed by atoms with Gasteiger partial charge < -0.3 is 5.11 Å². The number of aromatic hydroxyl groups is 1. The van der Waals surface area contributed by atoms with Crippen molar-refractivity contribution >= 4 is 44.7 Å². The van der Waals surface area contributed by atoms with E-state index in [9.17, 15) is 5.11 Å². The number of phenols is 1. The van der Waals surface area contributed by atoms with Crippen molar-refractivity contribution in [1.29, 1.82) is 0 Å². The fourth-order valence-corrected chi connectivity index (χ4v) is 3.58. The quantitative estimate of drug-likeness (QED) is 0.278. The molecule has 5 rings (SSSR count). The van der Waals surface area contributed by atoms with Gasteiger partial charge in [-0.1, -0.05) is 54.6 Å². The molecule has 0 bridgehead atoms. The molecule has 1 aromatic heterocycles. The minimum absolute atomic E-state index is 0.261. The van der Waals surface area contributed by atoms with E-state index in [1.807, 2.05) is 66.7 Å². The zero-order valence-electron chi connectivity index (χ0n) is 14.6. The van der Waals surface area contributed by atoms with Crippen LogP contribution in [0.3, 0.4) is 0 Å². The SMILES string of the molecule is Oc1ccc2ccccc2c1C=Cc1ccc2c(ccc3ccccc32)[o+]1. The Balaban J connectivity index is 1.61. The fourth-order valence-electron chi connectivity index (χ4n) is 3.58. The molecule has 1 N–H and O–H groups in total. The summed E-state index contributed by atoms with van der Waals surface area (Å²) in [5.74, 6) is 1.00. The second-order valence-corrected chi connectivity index (χ2v) is 6.59. The van der Waals surface area contributed by atoms with Crippen molar-refractivity contribution in [2.75, 3.05) is 0 Å². The molecule has 27 heavy (non-hydrogen) atoms. The molecule has 4 aromatic carbocycles. The molecule has 0 spiro atoms. The molecule has 0 saturated carbocycles. The Hall–Kier alpha value is -3.65. The van der Waals surface area contributed by atoms with Crippen molar-refractivity contribution in [3.05, 3.63) is 96.3 Å². The van der Waals surface area contributed by atoms with Gasteiger partial charge in [-0.15, -0.1) is 0 Å². The number of hydrogen-bond donors (Lipinski definition) is 1. The van der Waals surface area contributed by atoms with E-state index in [0.29, 0.717) is 0 Å². The standard InChI is InChI=1S/C25H16O2/c26-24-15-9-17-5-1-3-7-20(17)22(24)13-11-19-12-14-23-21-8-4-2-6-18(21)10-16-25(23)27-19/h1-16H/p+1. The molecule has 0 saturated heterocycles. The summed E-state index contributed by atoms with van der Waals surface area (Å²) < 4.78 is 6.08. The summed E-state index contributed by atoms with van der Waals surface area (Å²) in [6.45, 7) is 0. The molecule has 0 atom stereocenters. The first-order valence-corrected chi connectivity index (χ1v) is 8.93. The predicted molar refractivity (Wildman–Crippen MR) is 113 cm³/mol. The summed E-state index contributed by atoms with van der Waals surface area (Å²) in [4.78, 5) is 0. The Morgan fingerprint density at radius 3 is 2.15 bits per heavy atom. The van der Waals surface area contributed by atoms with Crippen molar-refractivity contribution in [1.82, 2.24) is 0 Å². The monoisotopic (exact) mass is 349 g/mol. The highest BCUT2D eigenvalue weighted by Gasteiger charge is 2.12. The zero-order valence-corrected chi connectivity index (χ0v) is 14.6. The first-order chi connectivity index (χ1) is 13.3. The van der Waals surface area contributed by atoms with Crippen LogP contribution in [0.1, 0.15) is 11.3 Å². The molecule has 0 aliphatic heterocycles. The largest absolute Gasteiger partial charge is 0.507 e. The third kappa shape index (κ3) is 2.72. The average Bonchev–Trinajstić information content (AvgIpc) is 2.72. The fraction of sp³-hybridized carbons (Fsp3) is 0. The van der Waals surface area contributed by atoms with E-state index in [-0.39, 0.29) is 5.75 Å². The Morgan fingerprint density at radius 1 is 0.593 bits per heavy atom. The van der Waals surface area contributed by atoms with Gasteiger partial charge in [0, 0.05) is 23.8 Å². The molecule has 1 heterocycles. The third-order valence-electron chi connectivity index (χ3n) is 4.93. The number of fused-ring (bicyclic) bond motifs is 4. The van der Waals surface area contributed by atoms with Gasteiger partial charge in [0.1, 0.15) is 5.75 Å².